The Balaban J connectivity index is 1.73. The first-order valence-electron chi connectivity index (χ1n) is 9.18. The molecule has 0 aromatic heterocycles. The summed E-state index contributed by atoms with van der Waals surface area (Å²) < 4.78 is 6.33. The van der Waals surface area contributed by atoms with Gasteiger partial charge < -0.3 is 9.84 Å². The van der Waals surface area contributed by atoms with Gasteiger partial charge in [-0.25, -0.2) is 0 Å². The maximum Gasteiger partial charge on any atom is 0.323 e. The Bertz CT molecular complexity index is 1170. The van der Waals surface area contributed by atoms with E-state index in [0.29, 0.717) is 17.3 Å². The van der Waals surface area contributed by atoms with Crippen LogP contribution in [-0.2, 0) is 16.2 Å². The van der Waals surface area contributed by atoms with E-state index in [-0.39, 0.29) is 4.32 Å². The van der Waals surface area contributed by atoms with Gasteiger partial charge in [0.15, 0.2) is 0 Å². The van der Waals surface area contributed by atoms with Crippen LogP contribution in [0, 0.1) is 0 Å². The average Bonchev–Trinajstić information content (AvgIpc) is 3.01. The number of nitrogens with zero attached hydrogens (tertiary/aromatic N) is 1. The summed E-state index contributed by atoms with van der Waals surface area (Å²) in [7, 11) is 0. The summed E-state index contributed by atoms with van der Waals surface area (Å²) in [4.78, 5) is 25.3. The van der Waals surface area contributed by atoms with Crippen LogP contribution in [0.3, 0.4) is 0 Å². The average molecular weight is 436 g/mol. The van der Waals surface area contributed by atoms with Gasteiger partial charge >= 0.3 is 5.97 Å². The molecule has 1 amide bonds. The molecule has 1 aliphatic heterocycles. The molecule has 0 unspecified atom stereocenters. The Morgan fingerprint density at radius 2 is 1.80 bits per heavy atom. The van der Waals surface area contributed by atoms with Crippen molar-refractivity contribution >= 4 is 57.0 Å². The van der Waals surface area contributed by atoms with Gasteiger partial charge in [-0.15, -0.1) is 0 Å². The van der Waals surface area contributed by atoms with Crippen LogP contribution in [0.15, 0.2) is 71.6 Å². The molecule has 5 nitrogen and oxygen atoms in total. The maximum absolute atomic E-state index is 12.7. The second-order valence-electron chi connectivity index (χ2n) is 6.63. The van der Waals surface area contributed by atoms with E-state index in [1.807, 2.05) is 66.7 Å². The maximum atomic E-state index is 12.7. The zero-order chi connectivity index (χ0) is 21.1. The molecule has 0 saturated carbocycles. The van der Waals surface area contributed by atoms with Crippen molar-refractivity contribution in [3.05, 3.63) is 82.8 Å². The number of ether oxygens (including phenoxy) is 1. The number of aliphatic carboxylic acids is 1. The number of hydrogen-bond donors (Lipinski definition) is 1. The van der Waals surface area contributed by atoms with Crippen molar-refractivity contribution < 1.29 is 19.4 Å². The highest BCUT2D eigenvalue weighted by Gasteiger charge is 2.33. The molecule has 0 bridgehead atoms. The number of carbonyl (C=O) groups excluding carboxylic acids is 1. The third-order valence-electron chi connectivity index (χ3n) is 4.61. The van der Waals surface area contributed by atoms with Gasteiger partial charge in [0.1, 0.15) is 23.2 Å². The molecule has 30 heavy (non-hydrogen) atoms. The topological polar surface area (TPSA) is 66.8 Å². The lowest BCUT2D eigenvalue weighted by atomic mass is 10.0. The normalized spacial score (nSPS) is 15.2. The molecule has 0 radical (unpaired) electrons. The van der Waals surface area contributed by atoms with E-state index in [4.69, 9.17) is 22.1 Å². The lowest BCUT2D eigenvalue weighted by Crippen LogP contribution is -2.33. The minimum atomic E-state index is -1.11. The van der Waals surface area contributed by atoms with Crippen molar-refractivity contribution in [3.8, 4) is 5.75 Å². The van der Waals surface area contributed by atoms with Gasteiger partial charge in [-0.2, -0.15) is 0 Å². The Labute approximate surface area is 183 Å². The molecule has 1 fully saturated rings. The minimum absolute atomic E-state index is 0.237. The fraction of sp³-hybridized carbons (Fsp3) is 0.0870. The molecular weight excluding hydrogens is 418 g/mol. The highest BCUT2D eigenvalue weighted by molar-refractivity contribution is 8.26. The van der Waals surface area contributed by atoms with E-state index in [0.717, 1.165) is 38.6 Å². The highest BCUT2D eigenvalue weighted by Crippen LogP contribution is 2.37. The molecule has 3 aromatic carbocycles. The first kappa shape index (κ1) is 20.1. The first-order chi connectivity index (χ1) is 14.5. The van der Waals surface area contributed by atoms with Crippen molar-refractivity contribution in [2.24, 2.45) is 0 Å². The SMILES string of the molecule is O=C(O)CN1C(=O)/C(=C/c2c(OCc3ccccc3)ccc3ccccc23)SC1=S. The van der Waals surface area contributed by atoms with E-state index in [9.17, 15) is 9.59 Å². The van der Waals surface area contributed by atoms with Crippen molar-refractivity contribution in [1.82, 2.24) is 4.90 Å². The van der Waals surface area contributed by atoms with Crippen molar-refractivity contribution in [2.75, 3.05) is 6.54 Å². The largest absolute Gasteiger partial charge is 0.488 e. The predicted octanol–water partition coefficient (Wildman–Crippen LogP) is 4.70. The van der Waals surface area contributed by atoms with Gasteiger partial charge in [0.2, 0.25) is 0 Å². The molecule has 1 aliphatic rings. The molecule has 7 heteroatoms. The molecule has 4 rings (SSSR count). The summed E-state index contributed by atoms with van der Waals surface area (Å²) in [6.07, 6.45) is 1.74. The third kappa shape index (κ3) is 4.22. The van der Waals surface area contributed by atoms with Crippen LogP contribution in [0.5, 0.6) is 5.75 Å². The third-order valence-corrected chi connectivity index (χ3v) is 5.99. The lowest BCUT2D eigenvalue weighted by Gasteiger charge is -2.13. The molecule has 0 spiro atoms. The van der Waals surface area contributed by atoms with E-state index in [1.165, 1.54) is 0 Å². The fourth-order valence-electron chi connectivity index (χ4n) is 3.19. The number of carbonyl (C=O) groups is 2. The Morgan fingerprint density at radius 3 is 2.57 bits per heavy atom. The minimum Gasteiger partial charge on any atom is -0.488 e. The lowest BCUT2D eigenvalue weighted by molar-refractivity contribution is -0.140. The summed E-state index contributed by atoms with van der Waals surface area (Å²) in [5.74, 6) is -0.875. The second-order valence-corrected chi connectivity index (χ2v) is 8.31. The number of thiocarbonyl (C=S) groups is 1. The quantitative estimate of drug-likeness (QED) is 0.447. The van der Waals surface area contributed by atoms with Crippen LogP contribution in [0.2, 0.25) is 0 Å². The van der Waals surface area contributed by atoms with Gasteiger partial charge in [0.05, 0.1) is 4.91 Å². The number of fused-ring (bicyclic) bond motifs is 1. The molecule has 1 heterocycles. The molecule has 0 atom stereocenters. The zero-order valence-corrected chi connectivity index (χ0v) is 17.4. The van der Waals surface area contributed by atoms with Gasteiger partial charge in [0, 0.05) is 5.56 Å². The predicted molar refractivity (Wildman–Crippen MR) is 122 cm³/mol. The number of carboxylic acids is 1. The van der Waals surface area contributed by atoms with Gasteiger partial charge in [-0.1, -0.05) is 84.6 Å². The van der Waals surface area contributed by atoms with E-state index in [2.05, 4.69) is 0 Å². The van der Waals surface area contributed by atoms with Crippen LogP contribution in [0.4, 0.5) is 0 Å². The zero-order valence-electron chi connectivity index (χ0n) is 15.8. The van der Waals surface area contributed by atoms with Crippen molar-refractivity contribution in [3.63, 3.8) is 0 Å². The fourth-order valence-corrected chi connectivity index (χ4v) is 4.43. The smallest absolute Gasteiger partial charge is 0.323 e. The van der Waals surface area contributed by atoms with Gasteiger partial charge in [-0.3, -0.25) is 14.5 Å². The number of carboxylic acid groups (broad SMARTS) is 1. The molecule has 3 aromatic rings. The second kappa shape index (κ2) is 8.69. The number of benzene rings is 3. The number of amides is 1. The standard InChI is InChI=1S/C23H17NO4S2/c25-21(26)13-24-22(27)20(30-23(24)29)12-18-17-9-5-4-8-16(17)10-11-19(18)28-14-15-6-2-1-3-7-15/h1-12H,13-14H2,(H,25,26)/b20-12-. The van der Waals surface area contributed by atoms with Crippen molar-refractivity contribution in [1.29, 1.82) is 0 Å². The van der Waals surface area contributed by atoms with Crippen LogP contribution >= 0.6 is 24.0 Å². The van der Waals surface area contributed by atoms with Gasteiger partial charge in [-0.05, 0) is 28.5 Å². The number of rotatable bonds is 6. The first-order valence-corrected chi connectivity index (χ1v) is 10.4. The Kier molecular flexibility index (Phi) is 5.83. The highest BCUT2D eigenvalue weighted by atomic mass is 32.2. The number of hydrogen-bond acceptors (Lipinski definition) is 5. The monoisotopic (exact) mass is 435 g/mol. The van der Waals surface area contributed by atoms with Crippen LogP contribution < -0.4 is 4.74 Å². The Morgan fingerprint density at radius 1 is 1.07 bits per heavy atom. The van der Waals surface area contributed by atoms with E-state index < -0.39 is 18.4 Å². The summed E-state index contributed by atoms with van der Waals surface area (Å²) in [5, 5.41) is 11.0. The van der Waals surface area contributed by atoms with Crippen LogP contribution in [0.1, 0.15) is 11.1 Å². The Hall–Kier alpha value is -3.16. The van der Waals surface area contributed by atoms with Crippen LogP contribution in [0.25, 0.3) is 16.8 Å². The van der Waals surface area contributed by atoms with Crippen molar-refractivity contribution in [2.45, 2.75) is 6.61 Å². The molecule has 0 aliphatic carbocycles. The van der Waals surface area contributed by atoms with E-state index in [1.54, 1.807) is 6.08 Å². The molecule has 1 saturated heterocycles. The summed E-state index contributed by atoms with van der Waals surface area (Å²) in [6.45, 7) is -0.0606. The molecular formula is C23H17NO4S2. The molecule has 150 valence electrons. The van der Waals surface area contributed by atoms with E-state index >= 15 is 0 Å². The summed E-state index contributed by atoms with van der Waals surface area (Å²) in [5.41, 5.74) is 1.80. The number of thioether (sulfide) groups is 1. The van der Waals surface area contributed by atoms with Crippen LogP contribution in [-0.4, -0.2) is 32.7 Å². The molecule has 1 N–H and O–H groups in total. The van der Waals surface area contributed by atoms with Gasteiger partial charge in [0.25, 0.3) is 5.91 Å². The summed E-state index contributed by atoms with van der Waals surface area (Å²) in [6, 6.07) is 21.5. The summed E-state index contributed by atoms with van der Waals surface area (Å²) >= 11 is 6.31.